The van der Waals surface area contributed by atoms with Crippen molar-refractivity contribution in [3.8, 4) is 5.75 Å². The Labute approximate surface area is 128 Å². The molecule has 0 heterocycles. The average molecular weight is 313 g/mol. The minimum Gasteiger partial charge on any atom is -0.497 e. The van der Waals surface area contributed by atoms with Crippen LogP contribution in [-0.2, 0) is 9.84 Å². The van der Waals surface area contributed by atoms with E-state index in [2.05, 4.69) is 5.32 Å². The van der Waals surface area contributed by atoms with E-state index in [0.717, 1.165) is 24.3 Å². The van der Waals surface area contributed by atoms with Gasteiger partial charge in [0.25, 0.3) is 0 Å². The Kier molecular flexibility index (Phi) is 7.18. The summed E-state index contributed by atoms with van der Waals surface area (Å²) in [7, 11) is -1.47. The predicted octanol–water partition coefficient (Wildman–Crippen LogP) is 2.81. The zero-order valence-electron chi connectivity index (χ0n) is 13.4. The van der Waals surface area contributed by atoms with Gasteiger partial charge in [-0.05, 0) is 30.2 Å². The highest BCUT2D eigenvalue weighted by Crippen LogP contribution is 2.21. The van der Waals surface area contributed by atoms with Crippen LogP contribution in [-0.4, -0.2) is 33.6 Å². The summed E-state index contributed by atoms with van der Waals surface area (Å²) in [5, 5.41) is 3.26. The van der Waals surface area contributed by atoms with E-state index in [1.54, 1.807) is 7.11 Å². The Balaban J connectivity index is 2.91. The Bertz CT molecular complexity index is 528. The van der Waals surface area contributed by atoms with Crippen molar-refractivity contribution in [3.63, 3.8) is 0 Å². The summed E-state index contributed by atoms with van der Waals surface area (Å²) >= 11 is 0. The Morgan fingerprint density at radius 1 is 1.24 bits per heavy atom. The lowest BCUT2D eigenvalue weighted by Crippen LogP contribution is -2.30. The smallest absolute Gasteiger partial charge is 0.152 e. The lowest BCUT2D eigenvalue weighted by atomic mass is 10.1. The fraction of sp³-hybridized carbons (Fsp3) is 0.625. The maximum Gasteiger partial charge on any atom is 0.152 e. The molecule has 21 heavy (non-hydrogen) atoms. The largest absolute Gasteiger partial charge is 0.497 e. The second-order valence-corrected chi connectivity index (χ2v) is 7.63. The SMILES string of the molecule is CCNC(CS(=O)(=O)CC(C)CC)c1cccc(OC)c1. The molecule has 0 aliphatic carbocycles. The number of methoxy groups -OCH3 is 1. The highest BCUT2D eigenvalue weighted by atomic mass is 32.2. The molecule has 0 saturated heterocycles. The number of hydrogen-bond acceptors (Lipinski definition) is 4. The van der Waals surface area contributed by atoms with E-state index in [4.69, 9.17) is 4.74 Å². The van der Waals surface area contributed by atoms with Gasteiger partial charge in [0.2, 0.25) is 0 Å². The van der Waals surface area contributed by atoms with Crippen molar-refractivity contribution in [1.29, 1.82) is 0 Å². The number of sulfone groups is 1. The molecule has 1 N–H and O–H groups in total. The van der Waals surface area contributed by atoms with Crippen molar-refractivity contribution in [1.82, 2.24) is 5.32 Å². The van der Waals surface area contributed by atoms with Gasteiger partial charge in [-0.3, -0.25) is 0 Å². The quantitative estimate of drug-likeness (QED) is 0.761. The Morgan fingerprint density at radius 3 is 2.52 bits per heavy atom. The predicted molar refractivity (Wildman–Crippen MR) is 87.5 cm³/mol. The van der Waals surface area contributed by atoms with Gasteiger partial charge in [-0.1, -0.05) is 39.3 Å². The molecule has 0 saturated carbocycles. The summed E-state index contributed by atoms with van der Waals surface area (Å²) in [5.41, 5.74) is 0.948. The van der Waals surface area contributed by atoms with E-state index in [-0.39, 0.29) is 23.5 Å². The van der Waals surface area contributed by atoms with Crippen LogP contribution in [0.5, 0.6) is 5.75 Å². The second kappa shape index (κ2) is 8.39. The molecule has 5 heteroatoms. The molecule has 0 spiro atoms. The molecule has 2 unspecified atom stereocenters. The first-order valence-electron chi connectivity index (χ1n) is 7.49. The van der Waals surface area contributed by atoms with E-state index in [1.807, 2.05) is 45.0 Å². The molecule has 1 aromatic carbocycles. The lowest BCUT2D eigenvalue weighted by Gasteiger charge is -2.20. The summed E-state index contributed by atoms with van der Waals surface area (Å²) in [6.45, 7) is 6.70. The summed E-state index contributed by atoms with van der Waals surface area (Å²) in [6.07, 6.45) is 0.879. The molecule has 0 aliphatic rings. The van der Waals surface area contributed by atoms with Crippen LogP contribution in [0.4, 0.5) is 0 Å². The standard InChI is InChI=1S/C16H27NO3S/c1-5-13(3)11-21(18,19)12-16(17-6-2)14-8-7-9-15(10-14)20-4/h7-10,13,16-17H,5-6,11-12H2,1-4H3. The van der Waals surface area contributed by atoms with Crippen LogP contribution < -0.4 is 10.1 Å². The topological polar surface area (TPSA) is 55.4 Å². The second-order valence-electron chi connectivity index (χ2n) is 5.48. The first-order valence-corrected chi connectivity index (χ1v) is 9.31. The molecule has 2 atom stereocenters. The highest BCUT2D eigenvalue weighted by Gasteiger charge is 2.22. The van der Waals surface area contributed by atoms with Crippen molar-refractivity contribution in [2.24, 2.45) is 5.92 Å². The van der Waals surface area contributed by atoms with Gasteiger partial charge in [0.1, 0.15) is 5.75 Å². The Hall–Kier alpha value is -1.07. The van der Waals surface area contributed by atoms with Crippen LogP contribution in [0.25, 0.3) is 0 Å². The summed E-state index contributed by atoms with van der Waals surface area (Å²) in [4.78, 5) is 0. The molecule has 0 radical (unpaired) electrons. The lowest BCUT2D eigenvalue weighted by molar-refractivity contribution is 0.413. The first-order chi connectivity index (χ1) is 9.91. The zero-order chi connectivity index (χ0) is 15.9. The van der Waals surface area contributed by atoms with E-state index < -0.39 is 9.84 Å². The molecule has 0 aliphatic heterocycles. The van der Waals surface area contributed by atoms with Gasteiger partial charge in [0.05, 0.1) is 18.6 Å². The van der Waals surface area contributed by atoms with E-state index in [0.29, 0.717) is 0 Å². The molecule has 0 bridgehead atoms. The van der Waals surface area contributed by atoms with Gasteiger partial charge < -0.3 is 10.1 Å². The third-order valence-corrected chi connectivity index (χ3v) is 5.52. The third-order valence-electron chi connectivity index (χ3n) is 3.60. The Morgan fingerprint density at radius 2 is 1.95 bits per heavy atom. The van der Waals surface area contributed by atoms with Crippen molar-refractivity contribution in [2.75, 3.05) is 25.2 Å². The maximum absolute atomic E-state index is 12.3. The maximum atomic E-state index is 12.3. The minimum absolute atomic E-state index is 0.123. The van der Waals surface area contributed by atoms with Gasteiger partial charge >= 0.3 is 0 Å². The van der Waals surface area contributed by atoms with Crippen LogP contribution in [0.2, 0.25) is 0 Å². The number of hydrogen-bond donors (Lipinski definition) is 1. The van der Waals surface area contributed by atoms with Gasteiger partial charge in [0.15, 0.2) is 9.84 Å². The van der Waals surface area contributed by atoms with Gasteiger partial charge in [-0.25, -0.2) is 8.42 Å². The van der Waals surface area contributed by atoms with Crippen LogP contribution in [0.1, 0.15) is 38.8 Å². The fourth-order valence-corrected chi connectivity index (χ4v) is 4.31. The van der Waals surface area contributed by atoms with Crippen LogP contribution in [0.3, 0.4) is 0 Å². The fourth-order valence-electron chi connectivity index (χ4n) is 2.25. The molecule has 0 aromatic heterocycles. The number of nitrogens with one attached hydrogen (secondary N) is 1. The van der Waals surface area contributed by atoms with Crippen LogP contribution >= 0.6 is 0 Å². The molecule has 0 amide bonds. The molecule has 1 rings (SSSR count). The van der Waals surface area contributed by atoms with E-state index in [1.165, 1.54) is 0 Å². The van der Waals surface area contributed by atoms with Crippen molar-refractivity contribution in [3.05, 3.63) is 29.8 Å². The van der Waals surface area contributed by atoms with E-state index in [9.17, 15) is 8.42 Å². The van der Waals surface area contributed by atoms with Crippen molar-refractivity contribution < 1.29 is 13.2 Å². The molecular weight excluding hydrogens is 286 g/mol. The minimum atomic E-state index is -3.09. The molecular formula is C16H27NO3S. The normalized spacial score (nSPS) is 14.7. The average Bonchev–Trinajstić information content (AvgIpc) is 2.46. The monoisotopic (exact) mass is 313 g/mol. The summed E-state index contributed by atoms with van der Waals surface area (Å²) in [6, 6.07) is 7.39. The number of rotatable bonds is 9. The van der Waals surface area contributed by atoms with Crippen LogP contribution in [0.15, 0.2) is 24.3 Å². The molecule has 1 aromatic rings. The van der Waals surface area contributed by atoms with Crippen LogP contribution in [0, 0.1) is 5.92 Å². The van der Waals surface area contributed by atoms with Gasteiger partial charge in [-0.15, -0.1) is 0 Å². The zero-order valence-corrected chi connectivity index (χ0v) is 14.2. The molecule has 4 nitrogen and oxygen atoms in total. The van der Waals surface area contributed by atoms with Gasteiger partial charge in [0, 0.05) is 6.04 Å². The van der Waals surface area contributed by atoms with Gasteiger partial charge in [-0.2, -0.15) is 0 Å². The third kappa shape index (κ3) is 6.06. The molecule has 0 fully saturated rings. The summed E-state index contributed by atoms with van der Waals surface area (Å²) in [5.74, 6) is 1.31. The van der Waals surface area contributed by atoms with Crippen molar-refractivity contribution in [2.45, 2.75) is 33.2 Å². The van der Waals surface area contributed by atoms with Crippen molar-refractivity contribution >= 4 is 9.84 Å². The van der Waals surface area contributed by atoms with E-state index >= 15 is 0 Å². The first kappa shape index (κ1) is 18.0. The summed E-state index contributed by atoms with van der Waals surface area (Å²) < 4.78 is 29.9. The number of ether oxygens (including phenoxy) is 1. The highest BCUT2D eigenvalue weighted by molar-refractivity contribution is 7.91. The number of benzene rings is 1. The molecule has 120 valence electrons.